The van der Waals surface area contributed by atoms with Crippen molar-refractivity contribution in [2.45, 2.75) is 6.92 Å². The third-order valence-corrected chi connectivity index (χ3v) is 4.16. The lowest BCUT2D eigenvalue weighted by atomic mass is 10.1. The molecule has 0 spiro atoms. The van der Waals surface area contributed by atoms with Crippen LogP contribution >= 0.6 is 0 Å². The molecule has 0 radical (unpaired) electrons. The van der Waals surface area contributed by atoms with E-state index in [1.54, 1.807) is 18.2 Å². The van der Waals surface area contributed by atoms with Crippen LogP contribution < -0.4 is 4.90 Å². The Morgan fingerprint density at radius 1 is 0.926 bits per heavy atom. The fourth-order valence-electron chi connectivity index (χ4n) is 2.69. The maximum Gasteiger partial charge on any atom is 0.419 e. The molecule has 0 aliphatic rings. The third-order valence-electron chi connectivity index (χ3n) is 4.16. The first-order chi connectivity index (χ1) is 13.2. The summed E-state index contributed by atoms with van der Waals surface area (Å²) in [5.41, 5.74) is 3.15. The lowest BCUT2D eigenvalue weighted by Gasteiger charge is -2.22. The van der Waals surface area contributed by atoms with Gasteiger partial charge in [-0.05, 0) is 54.5 Å². The Kier molecular flexibility index (Phi) is 5.90. The van der Waals surface area contributed by atoms with Gasteiger partial charge in [-0.1, -0.05) is 54.6 Å². The highest BCUT2D eigenvalue weighted by molar-refractivity contribution is 5.95. The second kappa shape index (κ2) is 8.72. The topological polar surface area (TPSA) is 49.8 Å². The predicted molar refractivity (Wildman–Crippen MR) is 108 cm³/mol. The van der Waals surface area contributed by atoms with Crippen LogP contribution in [0.1, 0.15) is 11.1 Å². The number of phenols is 1. The number of carbonyl (C=O) groups excluding carboxylic acids is 1. The van der Waals surface area contributed by atoms with Gasteiger partial charge < -0.3 is 9.84 Å². The summed E-state index contributed by atoms with van der Waals surface area (Å²) >= 11 is 0. The van der Waals surface area contributed by atoms with E-state index in [9.17, 15) is 9.90 Å². The van der Waals surface area contributed by atoms with Crippen LogP contribution in [0.4, 0.5) is 16.2 Å². The minimum atomic E-state index is -0.454. The monoisotopic (exact) mass is 359 g/mol. The zero-order valence-electron chi connectivity index (χ0n) is 15.1. The molecule has 1 amide bonds. The van der Waals surface area contributed by atoms with E-state index < -0.39 is 6.09 Å². The number of para-hydroxylation sites is 2. The zero-order valence-corrected chi connectivity index (χ0v) is 15.1. The van der Waals surface area contributed by atoms with Crippen LogP contribution in [0.15, 0.2) is 84.9 Å². The number of hydrogen-bond donors (Lipinski definition) is 1. The van der Waals surface area contributed by atoms with Crippen molar-refractivity contribution in [2.24, 2.45) is 0 Å². The molecule has 0 bridgehead atoms. The number of anilines is 2. The summed E-state index contributed by atoms with van der Waals surface area (Å²) in [7, 11) is 0. The van der Waals surface area contributed by atoms with Crippen molar-refractivity contribution in [3.63, 3.8) is 0 Å². The van der Waals surface area contributed by atoms with Gasteiger partial charge in [0.15, 0.2) is 0 Å². The number of rotatable bonds is 5. The third kappa shape index (κ3) is 4.55. The lowest BCUT2D eigenvalue weighted by molar-refractivity contribution is 0.169. The van der Waals surface area contributed by atoms with Crippen molar-refractivity contribution >= 4 is 23.5 Å². The van der Waals surface area contributed by atoms with Crippen LogP contribution in [0.3, 0.4) is 0 Å². The molecule has 136 valence electrons. The first kappa shape index (κ1) is 18.3. The molecular weight excluding hydrogens is 338 g/mol. The lowest BCUT2D eigenvalue weighted by Crippen LogP contribution is -2.26. The molecule has 4 nitrogen and oxygen atoms in total. The second-order valence-corrected chi connectivity index (χ2v) is 5.98. The highest BCUT2D eigenvalue weighted by Gasteiger charge is 2.18. The van der Waals surface area contributed by atoms with Gasteiger partial charge in [0.25, 0.3) is 0 Å². The van der Waals surface area contributed by atoms with E-state index in [1.807, 2.05) is 79.7 Å². The highest BCUT2D eigenvalue weighted by atomic mass is 16.6. The standard InChI is InChI=1S/C23H21NO3/c1-18-19(10-8-16-22(18)25)11-9-17-27-23(26)24(20-12-4-2-5-13-20)21-14-6-3-7-15-21/h2-16,25H,17H2,1H3/b11-9+. The quantitative estimate of drug-likeness (QED) is 0.637. The second-order valence-electron chi connectivity index (χ2n) is 5.98. The number of phenolic OH excluding ortho intramolecular Hbond substituents is 1. The minimum Gasteiger partial charge on any atom is -0.508 e. The zero-order chi connectivity index (χ0) is 19.1. The highest BCUT2D eigenvalue weighted by Crippen LogP contribution is 2.26. The Morgan fingerprint density at radius 3 is 2.11 bits per heavy atom. The van der Waals surface area contributed by atoms with Gasteiger partial charge in [-0.2, -0.15) is 0 Å². The molecule has 0 atom stereocenters. The van der Waals surface area contributed by atoms with Gasteiger partial charge in [0.1, 0.15) is 12.4 Å². The Balaban J connectivity index is 1.72. The summed E-state index contributed by atoms with van der Waals surface area (Å²) in [6, 6.07) is 24.1. The molecule has 0 aromatic heterocycles. The predicted octanol–water partition coefficient (Wildman–Crippen LogP) is 5.69. The summed E-state index contributed by atoms with van der Waals surface area (Å²) in [5, 5.41) is 9.74. The first-order valence-corrected chi connectivity index (χ1v) is 8.69. The van der Waals surface area contributed by atoms with Gasteiger partial charge in [0.05, 0.1) is 11.4 Å². The van der Waals surface area contributed by atoms with Crippen LogP contribution in [0.5, 0.6) is 5.75 Å². The van der Waals surface area contributed by atoms with Crippen LogP contribution in [-0.4, -0.2) is 17.8 Å². The number of ether oxygens (including phenoxy) is 1. The molecule has 0 saturated heterocycles. The number of nitrogens with zero attached hydrogens (tertiary/aromatic N) is 1. The van der Waals surface area contributed by atoms with Crippen molar-refractivity contribution in [1.29, 1.82) is 0 Å². The van der Waals surface area contributed by atoms with Crippen LogP contribution in [0.2, 0.25) is 0 Å². The molecule has 0 heterocycles. The number of amides is 1. The molecule has 4 heteroatoms. The van der Waals surface area contributed by atoms with E-state index in [-0.39, 0.29) is 12.4 Å². The number of benzene rings is 3. The molecule has 0 unspecified atom stereocenters. The Labute approximate surface area is 159 Å². The van der Waals surface area contributed by atoms with Gasteiger partial charge in [-0.15, -0.1) is 0 Å². The van der Waals surface area contributed by atoms with Crippen LogP contribution in [-0.2, 0) is 4.74 Å². The summed E-state index contributed by atoms with van der Waals surface area (Å²) in [4.78, 5) is 14.2. The van der Waals surface area contributed by atoms with E-state index >= 15 is 0 Å². The average Bonchev–Trinajstić information content (AvgIpc) is 2.70. The van der Waals surface area contributed by atoms with Gasteiger partial charge in [0, 0.05) is 0 Å². The maximum absolute atomic E-state index is 12.7. The molecule has 3 aromatic carbocycles. The summed E-state index contributed by atoms with van der Waals surface area (Å²) in [6.45, 7) is 1.97. The van der Waals surface area contributed by atoms with Crippen molar-refractivity contribution < 1.29 is 14.6 Å². The SMILES string of the molecule is Cc1c(O)cccc1/C=C/COC(=O)N(c1ccccc1)c1ccccc1. The summed E-state index contributed by atoms with van der Waals surface area (Å²) in [5.74, 6) is 0.244. The van der Waals surface area contributed by atoms with Gasteiger partial charge in [-0.3, -0.25) is 0 Å². The first-order valence-electron chi connectivity index (χ1n) is 8.69. The smallest absolute Gasteiger partial charge is 0.419 e. The van der Waals surface area contributed by atoms with Crippen molar-refractivity contribution in [1.82, 2.24) is 0 Å². The van der Waals surface area contributed by atoms with E-state index in [1.165, 1.54) is 4.90 Å². The fraction of sp³-hybridized carbons (Fsp3) is 0.0870. The largest absolute Gasteiger partial charge is 0.508 e. The minimum absolute atomic E-state index is 0.129. The van der Waals surface area contributed by atoms with Gasteiger partial charge in [0.2, 0.25) is 0 Å². The summed E-state index contributed by atoms with van der Waals surface area (Å²) < 4.78 is 5.44. The van der Waals surface area contributed by atoms with E-state index in [2.05, 4.69) is 0 Å². The summed E-state index contributed by atoms with van der Waals surface area (Å²) in [6.07, 6.45) is 3.13. The molecule has 3 rings (SSSR count). The van der Waals surface area contributed by atoms with Crippen molar-refractivity contribution in [2.75, 3.05) is 11.5 Å². The normalized spacial score (nSPS) is 10.7. The Morgan fingerprint density at radius 2 is 1.52 bits per heavy atom. The maximum atomic E-state index is 12.7. The molecule has 27 heavy (non-hydrogen) atoms. The molecule has 0 saturated carbocycles. The van der Waals surface area contributed by atoms with E-state index in [0.29, 0.717) is 0 Å². The van der Waals surface area contributed by atoms with Crippen molar-refractivity contribution in [3.8, 4) is 5.75 Å². The molecule has 0 aliphatic heterocycles. The molecule has 0 aliphatic carbocycles. The fourth-order valence-corrected chi connectivity index (χ4v) is 2.69. The average molecular weight is 359 g/mol. The number of hydrogen-bond acceptors (Lipinski definition) is 3. The Bertz CT molecular complexity index is 881. The molecular formula is C23H21NO3. The van der Waals surface area contributed by atoms with Gasteiger partial charge in [-0.25, -0.2) is 9.69 Å². The van der Waals surface area contributed by atoms with Crippen LogP contribution in [0, 0.1) is 6.92 Å². The number of carbonyl (C=O) groups is 1. The molecule has 1 N–H and O–H groups in total. The Hall–Kier alpha value is -3.53. The van der Waals surface area contributed by atoms with Gasteiger partial charge >= 0.3 is 6.09 Å². The molecule has 0 fully saturated rings. The molecule has 3 aromatic rings. The number of aromatic hydroxyl groups is 1. The van der Waals surface area contributed by atoms with E-state index in [0.717, 1.165) is 22.5 Å². The van der Waals surface area contributed by atoms with Crippen LogP contribution in [0.25, 0.3) is 6.08 Å². The van der Waals surface area contributed by atoms with E-state index in [4.69, 9.17) is 4.74 Å². The van der Waals surface area contributed by atoms with Crippen molar-refractivity contribution in [3.05, 3.63) is 96.1 Å².